The first kappa shape index (κ1) is 17.4. The Morgan fingerprint density at radius 1 is 1.17 bits per heavy atom. The van der Waals surface area contributed by atoms with Crippen molar-refractivity contribution in [3.05, 3.63) is 35.9 Å². The Balaban J connectivity index is 1.41. The normalized spacial score (nSPS) is 24.2. The lowest BCUT2D eigenvalue weighted by molar-refractivity contribution is -0.133. The predicted molar refractivity (Wildman–Crippen MR) is 95.7 cm³/mol. The quantitative estimate of drug-likeness (QED) is 0.900. The second kappa shape index (κ2) is 8.13. The van der Waals surface area contributed by atoms with Crippen molar-refractivity contribution in [3.63, 3.8) is 0 Å². The molecule has 4 nitrogen and oxygen atoms in total. The Hall–Kier alpha value is -1.39. The van der Waals surface area contributed by atoms with Crippen LogP contribution in [0.4, 0.5) is 0 Å². The molecule has 24 heavy (non-hydrogen) atoms. The summed E-state index contributed by atoms with van der Waals surface area (Å²) in [7, 11) is 0. The Morgan fingerprint density at radius 3 is 2.50 bits per heavy atom. The van der Waals surface area contributed by atoms with Crippen molar-refractivity contribution in [1.82, 2.24) is 9.80 Å². The fourth-order valence-electron chi connectivity index (χ4n) is 4.03. The summed E-state index contributed by atoms with van der Waals surface area (Å²) in [5.74, 6) is 1.29. The van der Waals surface area contributed by atoms with Gasteiger partial charge in [-0.05, 0) is 56.6 Å². The molecule has 0 bridgehead atoms. The topological polar surface area (TPSA) is 43.8 Å². The highest BCUT2D eigenvalue weighted by atomic mass is 16.3. The molecule has 2 saturated heterocycles. The smallest absolute Gasteiger partial charge is 0.236 e. The van der Waals surface area contributed by atoms with Gasteiger partial charge in [0.15, 0.2) is 0 Å². The molecule has 1 aromatic carbocycles. The highest BCUT2D eigenvalue weighted by molar-refractivity contribution is 5.78. The molecular formula is C20H30N2O2. The average molecular weight is 330 g/mol. The predicted octanol–water partition coefficient (Wildman–Crippen LogP) is 2.17. The Kier molecular flexibility index (Phi) is 5.90. The lowest BCUT2D eigenvalue weighted by atomic mass is 9.90. The van der Waals surface area contributed by atoms with Crippen molar-refractivity contribution in [2.45, 2.75) is 38.7 Å². The van der Waals surface area contributed by atoms with Crippen LogP contribution < -0.4 is 0 Å². The van der Waals surface area contributed by atoms with E-state index in [2.05, 4.69) is 35.2 Å². The Labute approximate surface area is 145 Å². The molecule has 0 aromatic heterocycles. The molecule has 1 aromatic rings. The van der Waals surface area contributed by atoms with Gasteiger partial charge < -0.3 is 10.0 Å². The average Bonchev–Trinajstić information content (AvgIpc) is 3.05. The standard InChI is InChI=1S/C20H30N2O2/c1-16(23)19-9-10-21(14-19)15-20(24)22-11-7-18(8-12-22)13-17-5-3-2-4-6-17/h2-6,16,18-19,23H,7-15H2,1H3. The number of aliphatic hydroxyl groups is 1. The molecule has 2 aliphatic rings. The summed E-state index contributed by atoms with van der Waals surface area (Å²) in [6.07, 6.45) is 4.09. The Morgan fingerprint density at radius 2 is 1.88 bits per heavy atom. The molecule has 2 aliphatic heterocycles. The summed E-state index contributed by atoms with van der Waals surface area (Å²) in [6.45, 7) is 5.95. The number of likely N-dealkylation sites (tertiary alicyclic amines) is 2. The summed E-state index contributed by atoms with van der Waals surface area (Å²) in [5, 5.41) is 9.68. The fraction of sp³-hybridized carbons (Fsp3) is 0.650. The molecule has 3 rings (SSSR count). The zero-order valence-corrected chi connectivity index (χ0v) is 14.7. The molecule has 1 amide bonds. The first-order valence-corrected chi connectivity index (χ1v) is 9.34. The van der Waals surface area contributed by atoms with Crippen molar-refractivity contribution in [2.24, 2.45) is 11.8 Å². The minimum Gasteiger partial charge on any atom is -0.393 e. The van der Waals surface area contributed by atoms with Crippen LogP contribution in [-0.4, -0.2) is 59.6 Å². The highest BCUT2D eigenvalue weighted by Gasteiger charge is 2.29. The minimum atomic E-state index is -0.265. The first-order chi connectivity index (χ1) is 11.6. The maximum Gasteiger partial charge on any atom is 0.236 e. The third kappa shape index (κ3) is 4.58. The molecule has 2 atom stereocenters. The molecule has 4 heteroatoms. The summed E-state index contributed by atoms with van der Waals surface area (Å²) in [6, 6.07) is 10.7. The number of benzene rings is 1. The van der Waals surface area contributed by atoms with Crippen LogP contribution in [0.5, 0.6) is 0 Å². The molecule has 2 fully saturated rings. The molecule has 0 spiro atoms. The second-order valence-corrected chi connectivity index (χ2v) is 7.54. The monoisotopic (exact) mass is 330 g/mol. The van der Waals surface area contributed by atoms with Gasteiger partial charge in [0.1, 0.15) is 0 Å². The number of rotatable bonds is 5. The summed E-state index contributed by atoms with van der Waals surface area (Å²) in [5.41, 5.74) is 1.41. The van der Waals surface area contributed by atoms with Gasteiger partial charge in [0.05, 0.1) is 12.6 Å². The first-order valence-electron chi connectivity index (χ1n) is 9.34. The fourth-order valence-corrected chi connectivity index (χ4v) is 4.03. The number of aliphatic hydroxyl groups excluding tert-OH is 1. The summed E-state index contributed by atoms with van der Waals surface area (Å²) < 4.78 is 0. The maximum atomic E-state index is 12.5. The van der Waals surface area contributed by atoms with Crippen LogP contribution >= 0.6 is 0 Å². The number of hydrogen-bond acceptors (Lipinski definition) is 3. The largest absolute Gasteiger partial charge is 0.393 e. The van der Waals surface area contributed by atoms with E-state index in [0.29, 0.717) is 18.4 Å². The van der Waals surface area contributed by atoms with Crippen molar-refractivity contribution in [1.29, 1.82) is 0 Å². The van der Waals surface area contributed by atoms with Gasteiger partial charge in [-0.1, -0.05) is 30.3 Å². The van der Waals surface area contributed by atoms with Gasteiger partial charge in [-0.25, -0.2) is 0 Å². The van der Waals surface area contributed by atoms with Crippen LogP contribution in [0.15, 0.2) is 30.3 Å². The number of carbonyl (C=O) groups is 1. The van der Waals surface area contributed by atoms with Crippen LogP contribution in [0.1, 0.15) is 31.7 Å². The van der Waals surface area contributed by atoms with E-state index in [1.54, 1.807) is 0 Å². The third-order valence-electron chi connectivity index (χ3n) is 5.68. The number of carbonyl (C=O) groups excluding carboxylic acids is 1. The van der Waals surface area contributed by atoms with Gasteiger partial charge in [-0.3, -0.25) is 9.69 Å². The molecule has 1 N–H and O–H groups in total. The van der Waals surface area contributed by atoms with Gasteiger partial charge in [0.2, 0.25) is 5.91 Å². The van der Waals surface area contributed by atoms with E-state index in [1.807, 2.05) is 11.8 Å². The van der Waals surface area contributed by atoms with Gasteiger partial charge in [0.25, 0.3) is 0 Å². The molecule has 2 unspecified atom stereocenters. The van der Waals surface area contributed by atoms with Crippen LogP contribution in [0, 0.1) is 11.8 Å². The number of piperidine rings is 1. The van der Waals surface area contributed by atoms with Crippen LogP contribution in [0.25, 0.3) is 0 Å². The molecule has 132 valence electrons. The van der Waals surface area contributed by atoms with Crippen LogP contribution in [-0.2, 0) is 11.2 Å². The maximum absolute atomic E-state index is 12.5. The van der Waals surface area contributed by atoms with E-state index >= 15 is 0 Å². The van der Waals surface area contributed by atoms with Crippen LogP contribution in [0.2, 0.25) is 0 Å². The van der Waals surface area contributed by atoms with Crippen molar-refractivity contribution in [2.75, 3.05) is 32.7 Å². The summed E-state index contributed by atoms with van der Waals surface area (Å²) >= 11 is 0. The minimum absolute atomic E-state index is 0.263. The molecule has 0 aliphatic carbocycles. The van der Waals surface area contributed by atoms with Crippen LogP contribution in [0.3, 0.4) is 0 Å². The number of amides is 1. The van der Waals surface area contributed by atoms with Crippen molar-refractivity contribution < 1.29 is 9.90 Å². The van der Waals surface area contributed by atoms with Gasteiger partial charge in [-0.2, -0.15) is 0 Å². The van der Waals surface area contributed by atoms with E-state index in [1.165, 1.54) is 5.56 Å². The zero-order valence-electron chi connectivity index (χ0n) is 14.7. The van der Waals surface area contributed by atoms with Crippen molar-refractivity contribution >= 4 is 5.91 Å². The van der Waals surface area contributed by atoms with Crippen molar-refractivity contribution in [3.8, 4) is 0 Å². The lowest BCUT2D eigenvalue weighted by Crippen LogP contribution is -2.44. The Bertz CT molecular complexity index is 524. The second-order valence-electron chi connectivity index (χ2n) is 7.54. The molecule has 2 heterocycles. The van der Waals surface area contributed by atoms with E-state index in [-0.39, 0.29) is 12.0 Å². The zero-order chi connectivity index (χ0) is 16.9. The van der Waals surface area contributed by atoms with Gasteiger partial charge in [-0.15, -0.1) is 0 Å². The van der Waals surface area contributed by atoms with E-state index in [4.69, 9.17) is 0 Å². The van der Waals surface area contributed by atoms with E-state index < -0.39 is 0 Å². The van der Waals surface area contributed by atoms with E-state index in [9.17, 15) is 9.90 Å². The van der Waals surface area contributed by atoms with Gasteiger partial charge in [0, 0.05) is 19.6 Å². The highest BCUT2D eigenvalue weighted by Crippen LogP contribution is 2.23. The third-order valence-corrected chi connectivity index (χ3v) is 5.68. The van der Waals surface area contributed by atoms with Gasteiger partial charge >= 0.3 is 0 Å². The summed E-state index contributed by atoms with van der Waals surface area (Å²) in [4.78, 5) is 16.8. The molecule has 0 saturated carbocycles. The number of nitrogens with zero attached hydrogens (tertiary/aromatic N) is 2. The molecule has 0 radical (unpaired) electrons. The molecular weight excluding hydrogens is 300 g/mol. The SMILES string of the molecule is CC(O)C1CCN(CC(=O)N2CCC(Cc3ccccc3)CC2)C1. The van der Waals surface area contributed by atoms with E-state index in [0.717, 1.165) is 51.9 Å². The lowest BCUT2D eigenvalue weighted by Gasteiger charge is -2.33. The number of hydrogen-bond donors (Lipinski definition) is 1.